The number of carbonyl (C=O) groups excluding carboxylic acids is 1. The molecular weight excluding hydrogens is 184 g/mol. The quantitative estimate of drug-likeness (QED) is 0.700. The largest absolute Gasteiger partial charge is 0.271 e. The lowest BCUT2D eigenvalue weighted by Crippen LogP contribution is -2.35. The maximum atomic E-state index is 11.2. The summed E-state index contributed by atoms with van der Waals surface area (Å²) in [6.45, 7) is 5.66. The lowest BCUT2D eigenvalue weighted by molar-refractivity contribution is -0.146. The van der Waals surface area contributed by atoms with E-state index >= 15 is 0 Å². The molecule has 0 unspecified atom stereocenters. The molecule has 1 aromatic rings. The second-order valence-electron chi connectivity index (χ2n) is 3.84. The Labute approximate surface area is 82.2 Å². The molecule has 1 amide bonds. The summed E-state index contributed by atoms with van der Waals surface area (Å²) >= 11 is 0. The zero-order chi connectivity index (χ0) is 10.6. The minimum Gasteiger partial charge on any atom is -0.271 e. The molecule has 0 fully saturated rings. The van der Waals surface area contributed by atoms with Crippen LogP contribution in [-0.4, -0.2) is 26.5 Å². The van der Waals surface area contributed by atoms with Crippen LogP contribution in [0.4, 0.5) is 0 Å². The van der Waals surface area contributed by atoms with Gasteiger partial charge in [-0.2, -0.15) is 0 Å². The van der Waals surface area contributed by atoms with Crippen LogP contribution >= 0.6 is 0 Å². The van der Waals surface area contributed by atoms with Gasteiger partial charge in [-0.25, -0.2) is 10.2 Å². The zero-order valence-corrected chi connectivity index (χ0v) is 8.52. The lowest BCUT2D eigenvalue weighted by Gasteiger charge is -2.18. The summed E-state index contributed by atoms with van der Waals surface area (Å²) in [4.78, 5) is 16.3. The van der Waals surface area contributed by atoms with E-state index in [0.29, 0.717) is 0 Å². The Hall–Kier alpha value is -1.43. The normalized spacial score (nSPS) is 11.4. The maximum Gasteiger partial charge on any atom is 0.265 e. The highest BCUT2D eigenvalue weighted by Gasteiger charge is 2.12. The predicted molar refractivity (Wildman–Crippen MR) is 49.0 cm³/mol. The molecule has 1 N–H and O–H groups in total. The minimum atomic E-state index is -0.391. The van der Waals surface area contributed by atoms with E-state index < -0.39 is 5.60 Å². The highest BCUT2D eigenvalue weighted by molar-refractivity contribution is 5.74. The Kier molecular flexibility index (Phi) is 3.19. The predicted octanol–water partition coefficient (Wildman–Crippen LogP) is 0.124. The number of hydrogen-bond acceptors (Lipinski definition) is 4. The van der Waals surface area contributed by atoms with Crippen LogP contribution in [0.5, 0.6) is 0 Å². The summed E-state index contributed by atoms with van der Waals surface area (Å²) in [5, 5.41) is 7.23. The number of nitrogens with one attached hydrogen (secondary N) is 1. The molecule has 0 atom stereocenters. The molecule has 78 valence electrons. The van der Waals surface area contributed by atoms with Crippen LogP contribution in [0.3, 0.4) is 0 Å². The second kappa shape index (κ2) is 4.19. The Morgan fingerprint density at radius 1 is 1.57 bits per heavy atom. The fraction of sp³-hybridized carbons (Fsp3) is 0.625. The molecule has 6 heteroatoms. The first-order valence-electron chi connectivity index (χ1n) is 4.28. The van der Waals surface area contributed by atoms with E-state index in [0.717, 1.165) is 0 Å². The van der Waals surface area contributed by atoms with Gasteiger partial charge in [0.2, 0.25) is 0 Å². The third kappa shape index (κ3) is 3.99. The second-order valence-corrected chi connectivity index (χ2v) is 3.84. The Morgan fingerprint density at radius 2 is 2.29 bits per heavy atom. The summed E-state index contributed by atoms with van der Waals surface area (Å²) in [5.41, 5.74) is 1.94. The van der Waals surface area contributed by atoms with E-state index in [1.165, 1.54) is 10.9 Å². The number of rotatable bonds is 3. The van der Waals surface area contributed by atoms with Crippen LogP contribution in [0.25, 0.3) is 0 Å². The summed E-state index contributed by atoms with van der Waals surface area (Å²) in [6, 6.07) is 0. The number of carbonyl (C=O) groups is 1. The Bertz CT molecular complexity index is 289. The summed E-state index contributed by atoms with van der Waals surface area (Å²) in [7, 11) is 0. The molecule has 0 aliphatic carbocycles. The van der Waals surface area contributed by atoms with Crippen LogP contribution < -0.4 is 5.48 Å². The van der Waals surface area contributed by atoms with Crippen molar-refractivity contribution in [2.24, 2.45) is 0 Å². The van der Waals surface area contributed by atoms with Gasteiger partial charge in [0.25, 0.3) is 5.91 Å². The van der Waals surface area contributed by atoms with Crippen LogP contribution in [0.1, 0.15) is 20.8 Å². The van der Waals surface area contributed by atoms with Crippen LogP contribution in [0, 0.1) is 0 Å². The fourth-order valence-corrected chi connectivity index (χ4v) is 0.706. The number of hydroxylamine groups is 1. The van der Waals surface area contributed by atoms with Gasteiger partial charge < -0.3 is 0 Å². The van der Waals surface area contributed by atoms with E-state index in [2.05, 4.69) is 15.8 Å². The van der Waals surface area contributed by atoms with Crippen molar-refractivity contribution in [3.05, 3.63) is 12.4 Å². The van der Waals surface area contributed by atoms with Crippen molar-refractivity contribution in [1.82, 2.24) is 20.5 Å². The molecule has 0 saturated heterocycles. The molecule has 6 nitrogen and oxygen atoms in total. The van der Waals surface area contributed by atoms with Crippen molar-refractivity contribution in [2.75, 3.05) is 0 Å². The minimum absolute atomic E-state index is 0.107. The average molecular weight is 198 g/mol. The van der Waals surface area contributed by atoms with Gasteiger partial charge in [-0.15, -0.1) is 5.10 Å². The first-order valence-corrected chi connectivity index (χ1v) is 4.28. The molecule has 0 saturated carbocycles. The summed E-state index contributed by atoms with van der Waals surface area (Å²) in [6.07, 6.45) is 3.12. The van der Waals surface area contributed by atoms with E-state index in [9.17, 15) is 4.79 Å². The smallest absolute Gasteiger partial charge is 0.265 e. The van der Waals surface area contributed by atoms with E-state index in [1.807, 2.05) is 20.8 Å². The first-order chi connectivity index (χ1) is 6.47. The van der Waals surface area contributed by atoms with Gasteiger partial charge in [0, 0.05) is 6.20 Å². The number of hydrogen-bond donors (Lipinski definition) is 1. The van der Waals surface area contributed by atoms with Gasteiger partial charge >= 0.3 is 0 Å². The molecule has 14 heavy (non-hydrogen) atoms. The topological polar surface area (TPSA) is 69.0 Å². The zero-order valence-electron chi connectivity index (χ0n) is 8.52. The maximum absolute atomic E-state index is 11.2. The molecule has 0 aliphatic rings. The third-order valence-electron chi connectivity index (χ3n) is 1.25. The van der Waals surface area contributed by atoms with Crippen molar-refractivity contribution >= 4 is 5.91 Å². The molecule has 0 bridgehead atoms. The van der Waals surface area contributed by atoms with Crippen LogP contribution in [-0.2, 0) is 16.2 Å². The molecule has 1 rings (SSSR count). The van der Waals surface area contributed by atoms with Gasteiger partial charge in [-0.3, -0.25) is 9.63 Å². The van der Waals surface area contributed by atoms with Crippen molar-refractivity contribution in [3.63, 3.8) is 0 Å². The number of aromatic nitrogens is 3. The summed E-state index contributed by atoms with van der Waals surface area (Å²) in [5.74, 6) is -0.259. The summed E-state index contributed by atoms with van der Waals surface area (Å²) < 4.78 is 1.42. The van der Waals surface area contributed by atoms with Crippen molar-refractivity contribution in [3.8, 4) is 0 Å². The highest BCUT2D eigenvalue weighted by Crippen LogP contribution is 2.03. The van der Waals surface area contributed by atoms with Gasteiger partial charge in [0.15, 0.2) is 0 Å². The van der Waals surface area contributed by atoms with Crippen molar-refractivity contribution < 1.29 is 9.63 Å². The average Bonchev–Trinajstić information content (AvgIpc) is 2.52. The van der Waals surface area contributed by atoms with E-state index in [4.69, 9.17) is 4.84 Å². The lowest BCUT2D eigenvalue weighted by atomic mass is 10.2. The van der Waals surface area contributed by atoms with Gasteiger partial charge in [0.1, 0.15) is 6.54 Å². The molecule has 0 aliphatic heterocycles. The van der Waals surface area contributed by atoms with Crippen LogP contribution in [0.2, 0.25) is 0 Å². The molecule has 0 spiro atoms. The van der Waals surface area contributed by atoms with E-state index in [-0.39, 0.29) is 12.5 Å². The van der Waals surface area contributed by atoms with Crippen molar-refractivity contribution in [2.45, 2.75) is 32.9 Å². The molecule has 0 radical (unpaired) electrons. The molecule has 1 heterocycles. The van der Waals surface area contributed by atoms with Crippen LogP contribution in [0.15, 0.2) is 12.4 Å². The molecule has 1 aromatic heterocycles. The van der Waals surface area contributed by atoms with Crippen molar-refractivity contribution in [1.29, 1.82) is 0 Å². The van der Waals surface area contributed by atoms with Gasteiger partial charge in [-0.05, 0) is 20.8 Å². The van der Waals surface area contributed by atoms with E-state index in [1.54, 1.807) is 6.20 Å². The highest BCUT2D eigenvalue weighted by atomic mass is 16.7. The third-order valence-corrected chi connectivity index (χ3v) is 1.25. The standard InChI is InChI=1S/C8H14N4O2/c1-8(2,3)14-10-7(13)6-12-5-4-9-11-12/h4-5H,6H2,1-3H3,(H,10,13). The molecular formula is C8H14N4O2. The number of nitrogens with zero attached hydrogens (tertiary/aromatic N) is 3. The van der Waals surface area contributed by atoms with Gasteiger partial charge in [-0.1, -0.05) is 5.21 Å². The van der Waals surface area contributed by atoms with Gasteiger partial charge in [0.05, 0.1) is 11.8 Å². The Morgan fingerprint density at radius 3 is 2.79 bits per heavy atom. The number of amides is 1. The Balaban J connectivity index is 2.30. The SMILES string of the molecule is CC(C)(C)ONC(=O)Cn1ccnn1. The fourth-order valence-electron chi connectivity index (χ4n) is 0.706. The molecule has 0 aromatic carbocycles. The monoisotopic (exact) mass is 198 g/mol. The first kappa shape index (κ1) is 10.6.